The zero-order chi connectivity index (χ0) is 30.9. The highest BCUT2D eigenvalue weighted by Gasteiger charge is 2.39. The van der Waals surface area contributed by atoms with Crippen LogP contribution < -0.4 is 14.6 Å². The molecule has 43 heavy (non-hydrogen) atoms. The Morgan fingerprint density at radius 1 is 1.12 bits per heavy atom. The summed E-state index contributed by atoms with van der Waals surface area (Å²) in [6.07, 6.45) is -4.84. The van der Waals surface area contributed by atoms with Gasteiger partial charge in [-0.25, -0.2) is 27.6 Å². The van der Waals surface area contributed by atoms with Gasteiger partial charge in [0, 0.05) is 12.1 Å². The third-order valence-corrected chi connectivity index (χ3v) is 7.85. The number of hydrogen-bond donors (Lipinski definition) is 1. The van der Waals surface area contributed by atoms with Gasteiger partial charge in [0.2, 0.25) is 0 Å². The Morgan fingerprint density at radius 3 is 2.47 bits per heavy atom. The maximum absolute atomic E-state index is 13.5. The van der Waals surface area contributed by atoms with Gasteiger partial charge in [0.1, 0.15) is 11.1 Å². The molecular formula is C25H25F3N6O8S. The summed E-state index contributed by atoms with van der Waals surface area (Å²) in [5, 5.41) is 5.95. The van der Waals surface area contributed by atoms with Gasteiger partial charge < -0.3 is 14.3 Å². The molecule has 1 atom stereocenters. The van der Waals surface area contributed by atoms with Gasteiger partial charge in [-0.05, 0) is 50.1 Å². The van der Waals surface area contributed by atoms with E-state index in [1.807, 2.05) is 11.6 Å². The van der Waals surface area contributed by atoms with Gasteiger partial charge >= 0.3 is 12.3 Å². The van der Waals surface area contributed by atoms with Gasteiger partial charge in [-0.1, -0.05) is 29.8 Å². The molecule has 0 saturated carbocycles. The van der Waals surface area contributed by atoms with Crippen LogP contribution in [-0.4, -0.2) is 66.7 Å². The lowest BCUT2D eigenvalue weighted by Gasteiger charge is -2.19. The molecule has 2 aromatic carbocycles. The van der Waals surface area contributed by atoms with Crippen molar-refractivity contribution in [2.45, 2.75) is 36.9 Å². The van der Waals surface area contributed by atoms with Crippen molar-refractivity contribution in [3.05, 3.63) is 65.9 Å². The second-order valence-electron chi connectivity index (χ2n) is 9.39. The van der Waals surface area contributed by atoms with E-state index in [-0.39, 0.29) is 16.3 Å². The first-order chi connectivity index (χ1) is 20.4. The molecule has 1 unspecified atom stereocenters. The van der Waals surface area contributed by atoms with Crippen molar-refractivity contribution in [2.24, 2.45) is 0 Å². The van der Waals surface area contributed by atoms with Crippen LogP contribution in [-0.2, 0) is 30.5 Å². The Bertz CT molecular complexity index is 1700. The van der Waals surface area contributed by atoms with E-state index in [4.69, 9.17) is 9.47 Å². The van der Waals surface area contributed by atoms with E-state index in [1.54, 1.807) is 24.3 Å². The maximum Gasteiger partial charge on any atom is 0.510 e. The molecule has 1 fully saturated rings. The summed E-state index contributed by atoms with van der Waals surface area (Å²) in [6, 6.07) is 11.7. The predicted octanol–water partition coefficient (Wildman–Crippen LogP) is 2.84. The second kappa shape index (κ2) is 11.4. The smallest absolute Gasteiger partial charge is 0.438 e. The van der Waals surface area contributed by atoms with Crippen molar-refractivity contribution in [1.29, 1.82) is 0 Å². The van der Waals surface area contributed by atoms with Crippen LogP contribution in [0, 0.1) is 6.92 Å². The monoisotopic (exact) mass is 626 g/mol. The molecule has 18 heteroatoms. The number of halogens is 3. The normalized spacial score (nSPS) is 15.5. The molecule has 0 radical (unpaired) electrons. The van der Waals surface area contributed by atoms with Crippen molar-refractivity contribution < 1.29 is 50.1 Å². The molecule has 5 rings (SSSR count). The van der Waals surface area contributed by atoms with Crippen LogP contribution in [0.4, 0.5) is 18.0 Å². The predicted molar refractivity (Wildman–Crippen MR) is 140 cm³/mol. The first kappa shape index (κ1) is 29.6. The first-order valence-electron chi connectivity index (χ1n) is 12.7. The molecule has 1 aliphatic heterocycles. The van der Waals surface area contributed by atoms with Crippen LogP contribution in [0.15, 0.2) is 64.1 Å². The van der Waals surface area contributed by atoms with Crippen molar-refractivity contribution >= 4 is 22.1 Å². The molecule has 1 N–H and O–H groups in total. The van der Waals surface area contributed by atoms with Crippen molar-refractivity contribution in [3.63, 3.8) is 0 Å². The van der Waals surface area contributed by atoms with Crippen molar-refractivity contribution in [3.8, 4) is 16.9 Å². The van der Waals surface area contributed by atoms with E-state index in [2.05, 4.69) is 14.6 Å². The lowest BCUT2D eigenvalue weighted by molar-refractivity contribution is -0.141. The number of alkyl halides is 3. The van der Waals surface area contributed by atoms with Crippen molar-refractivity contribution in [2.75, 3.05) is 25.5 Å². The molecule has 4 aromatic rings. The van der Waals surface area contributed by atoms with Gasteiger partial charge in [0.15, 0.2) is 5.69 Å². The van der Waals surface area contributed by atoms with Crippen LogP contribution in [0.3, 0.4) is 0 Å². The van der Waals surface area contributed by atoms with Gasteiger partial charge in [-0.2, -0.15) is 22.9 Å². The van der Waals surface area contributed by atoms with Crippen LogP contribution in [0.5, 0.6) is 0 Å². The zero-order valence-corrected chi connectivity index (χ0v) is 23.5. The number of benzene rings is 2. The van der Waals surface area contributed by atoms with E-state index in [0.29, 0.717) is 24.9 Å². The fraction of sp³-hybridized carbons (Fsp3) is 0.320. The Labute approximate surface area is 242 Å². The molecular weight excluding hydrogens is 601 g/mol. The summed E-state index contributed by atoms with van der Waals surface area (Å²) in [5.41, 5.74) is 0.622. The number of methoxy groups -OCH3 is 1. The molecule has 0 bridgehead atoms. The third-order valence-electron chi connectivity index (χ3n) is 6.49. The maximum atomic E-state index is 13.5. The number of ether oxygens (including phenoxy) is 2. The number of nitrogens with zero attached hydrogens (tertiary/aromatic N) is 5. The van der Waals surface area contributed by atoms with E-state index in [1.165, 1.54) is 17.1 Å². The fourth-order valence-corrected chi connectivity index (χ4v) is 5.35. The van der Waals surface area contributed by atoms with E-state index < -0.39 is 46.8 Å². The summed E-state index contributed by atoms with van der Waals surface area (Å²) < 4.78 is 83.6. The number of carbonyl (C=O) groups is 2. The van der Waals surface area contributed by atoms with Crippen LogP contribution in [0.1, 0.15) is 24.1 Å². The van der Waals surface area contributed by atoms with Crippen LogP contribution in [0.25, 0.3) is 16.9 Å². The molecule has 0 aliphatic carbocycles. The van der Waals surface area contributed by atoms with E-state index >= 15 is 0 Å². The Balaban J connectivity index is 1.30. The van der Waals surface area contributed by atoms with Gasteiger partial charge in [-0.3, -0.25) is 4.79 Å². The Hall–Kier alpha value is -4.87. The van der Waals surface area contributed by atoms with Crippen LogP contribution >= 0.6 is 0 Å². The quantitative estimate of drug-likeness (QED) is 0.217. The minimum Gasteiger partial charge on any atom is -0.438 e. The molecule has 2 aromatic heterocycles. The minimum atomic E-state index is -4.70. The highest BCUT2D eigenvalue weighted by molar-refractivity contribution is 7.90. The van der Waals surface area contributed by atoms with Gasteiger partial charge in [0.25, 0.3) is 22.7 Å². The molecule has 230 valence electrons. The first-order valence-corrected chi connectivity index (χ1v) is 14.2. The highest BCUT2D eigenvalue weighted by Crippen LogP contribution is 2.33. The Morgan fingerprint density at radius 2 is 1.81 bits per heavy atom. The van der Waals surface area contributed by atoms with E-state index in [9.17, 15) is 31.2 Å². The summed E-state index contributed by atoms with van der Waals surface area (Å²) in [7, 11) is -3.24. The molecule has 1 saturated heterocycles. The number of aryl methyl sites for hydroxylation is 1. The topological polar surface area (TPSA) is 152 Å². The number of hydrogen-bond acceptors (Lipinski definition) is 10. The van der Waals surface area contributed by atoms with Gasteiger partial charge in [0.05, 0.1) is 28.4 Å². The third kappa shape index (κ3) is 6.47. The summed E-state index contributed by atoms with van der Waals surface area (Å²) in [6.45, 7) is 1.63. The lowest BCUT2D eigenvalue weighted by atomic mass is 10.1. The summed E-state index contributed by atoms with van der Waals surface area (Å²) >= 11 is 0. The minimum absolute atomic E-state index is 0.157. The molecule has 1 aliphatic rings. The molecule has 1 amide bonds. The highest BCUT2D eigenvalue weighted by atomic mass is 32.2. The largest absolute Gasteiger partial charge is 0.510 e. The molecule has 0 spiro atoms. The Kier molecular flexibility index (Phi) is 7.87. The number of sulfonamides is 1. The standard InChI is InChI=1S/C25H25F3N6O8S/c1-16-5-7-17(8-6-16)21-14-22(25(26,27)28)29-32(21)18-9-11-19(12-10-18)43(37,38)30-23(35)20-4-3-13-31(20)33-34(42-33)41-15-40-24(36)39-2/h5-12,14,20H,3-4,13,15H2,1-2H3,(H,30,35). The van der Waals surface area contributed by atoms with E-state index in [0.717, 1.165) is 45.5 Å². The average molecular weight is 627 g/mol. The number of nitrogens with one attached hydrogen (secondary N) is 1. The SMILES string of the molecule is COC(=O)OCOn1on1N1CCCC1C(=O)NS(=O)(=O)c1ccc(-n2nc(C(F)(F)F)cc2-c2ccc(C)cc2)cc1. The summed E-state index contributed by atoms with van der Waals surface area (Å²) in [5.74, 6) is -0.841. The van der Waals surface area contributed by atoms with Crippen molar-refractivity contribution in [1.82, 2.24) is 24.5 Å². The second-order valence-corrected chi connectivity index (χ2v) is 11.1. The number of amides is 1. The number of carbonyl (C=O) groups excluding carboxylic acids is 2. The van der Waals surface area contributed by atoms with Gasteiger partial charge in [-0.15, -0.1) is 0 Å². The fourth-order valence-electron chi connectivity index (χ4n) is 4.33. The van der Waals surface area contributed by atoms with Crippen LogP contribution in [0.2, 0.25) is 0 Å². The number of rotatable bonds is 9. The average Bonchev–Trinajstić information content (AvgIpc) is 3.33. The molecule has 14 nitrogen and oxygen atoms in total. The lowest BCUT2D eigenvalue weighted by Crippen LogP contribution is -2.49. The number of aromatic nitrogens is 4. The zero-order valence-electron chi connectivity index (χ0n) is 22.6. The molecule has 3 heterocycles. The summed E-state index contributed by atoms with van der Waals surface area (Å²) in [4.78, 5) is 29.7.